The van der Waals surface area contributed by atoms with Crippen molar-refractivity contribution in [1.29, 1.82) is 0 Å². The molecule has 102 valence electrons. The quantitative estimate of drug-likeness (QED) is 0.606. The molecule has 0 N–H and O–H groups in total. The van der Waals surface area contributed by atoms with Gasteiger partial charge in [0.05, 0.1) is 5.56 Å². The highest BCUT2D eigenvalue weighted by Crippen LogP contribution is 2.37. The lowest BCUT2D eigenvalue weighted by atomic mass is 9.83. The first-order valence-electron chi connectivity index (χ1n) is 6.51. The first-order chi connectivity index (χ1) is 9.27. The van der Waals surface area contributed by atoms with Crippen LogP contribution in [0.1, 0.15) is 36.0 Å². The van der Waals surface area contributed by atoms with Gasteiger partial charge in [-0.15, -0.1) is 0 Å². The van der Waals surface area contributed by atoms with Crippen LogP contribution in [0.2, 0.25) is 0 Å². The maximum atomic E-state index is 12.0. The molecule has 0 aromatic heterocycles. The van der Waals surface area contributed by atoms with Crippen molar-refractivity contribution in [2.75, 3.05) is 6.61 Å². The van der Waals surface area contributed by atoms with Gasteiger partial charge < -0.3 is 4.74 Å². The van der Waals surface area contributed by atoms with E-state index in [1.54, 1.807) is 12.1 Å². The number of hydrogen-bond donors (Lipinski definition) is 0. The van der Waals surface area contributed by atoms with Gasteiger partial charge in [-0.1, -0.05) is 23.2 Å². The van der Waals surface area contributed by atoms with E-state index in [0.29, 0.717) is 18.6 Å². The van der Waals surface area contributed by atoms with Gasteiger partial charge in [-0.3, -0.25) is 0 Å². The van der Waals surface area contributed by atoms with Crippen molar-refractivity contribution in [3.8, 4) is 0 Å². The highest BCUT2D eigenvalue weighted by Gasteiger charge is 2.44. The van der Waals surface area contributed by atoms with Gasteiger partial charge in [-0.05, 0) is 31.4 Å². The summed E-state index contributed by atoms with van der Waals surface area (Å²) >= 11 is 0. The number of carbonyl (C=O) groups is 1. The molecule has 1 aliphatic heterocycles. The van der Waals surface area contributed by atoms with Gasteiger partial charge in [0.2, 0.25) is 0 Å². The van der Waals surface area contributed by atoms with Crippen LogP contribution >= 0.6 is 0 Å². The number of rotatable bonds is 2. The van der Waals surface area contributed by atoms with Crippen molar-refractivity contribution in [3.05, 3.63) is 35.9 Å². The second-order valence-corrected chi connectivity index (χ2v) is 5.09. The summed E-state index contributed by atoms with van der Waals surface area (Å²) in [5.41, 5.74) is 0.127. The summed E-state index contributed by atoms with van der Waals surface area (Å²) in [6.07, 6.45) is 3.12. The first-order valence-corrected chi connectivity index (χ1v) is 6.51. The molecule has 1 aromatic carbocycles. The summed E-state index contributed by atoms with van der Waals surface area (Å²) in [5.74, 6) is -0.289. The second kappa shape index (κ2) is 5.28. The van der Waals surface area contributed by atoms with Crippen LogP contribution in [0.3, 0.4) is 0 Å². The van der Waals surface area contributed by atoms with Gasteiger partial charge in [-0.25, -0.2) is 9.68 Å². The number of esters is 1. The third kappa shape index (κ3) is 2.78. The molecule has 5 nitrogen and oxygen atoms in total. The van der Waals surface area contributed by atoms with Gasteiger partial charge in [0, 0.05) is 6.42 Å². The Balaban J connectivity index is 1.62. The average Bonchev–Trinajstić information content (AvgIpc) is 2.88. The van der Waals surface area contributed by atoms with Crippen LogP contribution in [-0.2, 0) is 19.6 Å². The van der Waals surface area contributed by atoms with E-state index >= 15 is 0 Å². The normalized spacial score (nSPS) is 30.4. The molecule has 2 unspecified atom stereocenters. The average molecular weight is 264 g/mol. The maximum Gasteiger partial charge on any atom is 0.338 e. The minimum atomic E-state index is -0.445. The molecule has 2 fully saturated rings. The van der Waals surface area contributed by atoms with Crippen LogP contribution in [0, 0.1) is 0 Å². The maximum absolute atomic E-state index is 12.0. The Hall–Kier alpha value is -1.43. The number of hydrogen-bond acceptors (Lipinski definition) is 5. The van der Waals surface area contributed by atoms with Crippen molar-refractivity contribution >= 4 is 5.97 Å². The second-order valence-electron chi connectivity index (χ2n) is 5.09. The standard InChI is InChI=1S/C14H16O5/c15-13(11-5-2-1-3-6-11)17-12-7-4-8-14(9-12)10-16-19-18-14/h1-3,5-6,12H,4,7-10H2. The molecule has 1 spiro atoms. The molecule has 1 saturated carbocycles. The summed E-state index contributed by atoms with van der Waals surface area (Å²) in [6.45, 7) is 0.395. The van der Waals surface area contributed by atoms with Gasteiger partial charge in [0.25, 0.3) is 0 Å². The molecule has 0 radical (unpaired) electrons. The van der Waals surface area contributed by atoms with E-state index in [4.69, 9.17) is 14.5 Å². The molecule has 1 aliphatic carbocycles. The Labute approximate surface area is 111 Å². The predicted molar refractivity (Wildman–Crippen MR) is 65.0 cm³/mol. The lowest BCUT2D eigenvalue weighted by molar-refractivity contribution is -0.472. The summed E-state index contributed by atoms with van der Waals surface area (Å²) < 4.78 is 5.53. The third-order valence-corrected chi connectivity index (χ3v) is 3.62. The largest absolute Gasteiger partial charge is 0.459 e. The molecular formula is C14H16O5. The number of carbonyl (C=O) groups excluding carboxylic acids is 1. The Bertz CT molecular complexity index is 438. The van der Waals surface area contributed by atoms with Crippen LogP contribution in [-0.4, -0.2) is 24.3 Å². The zero-order chi connectivity index (χ0) is 13.1. The lowest BCUT2D eigenvalue weighted by Crippen LogP contribution is -2.41. The minimum Gasteiger partial charge on any atom is -0.459 e. The Morgan fingerprint density at radius 2 is 2.16 bits per heavy atom. The van der Waals surface area contributed by atoms with Gasteiger partial charge in [-0.2, -0.15) is 4.89 Å². The van der Waals surface area contributed by atoms with E-state index in [1.165, 1.54) is 0 Å². The lowest BCUT2D eigenvalue weighted by Gasteiger charge is -2.33. The van der Waals surface area contributed by atoms with E-state index in [9.17, 15) is 4.79 Å². The predicted octanol–water partition coefficient (Wildman–Crippen LogP) is 2.42. The monoisotopic (exact) mass is 264 g/mol. The summed E-state index contributed by atoms with van der Waals surface area (Å²) in [7, 11) is 0. The van der Waals surface area contributed by atoms with E-state index in [2.05, 4.69) is 5.04 Å². The summed E-state index contributed by atoms with van der Waals surface area (Å²) in [5, 5.41) is 4.54. The minimum absolute atomic E-state index is 0.147. The van der Waals surface area contributed by atoms with Crippen molar-refractivity contribution in [3.63, 3.8) is 0 Å². The van der Waals surface area contributed by atoms with E-state index in [-0.39, 0.29) is 12.1 Å². The Morgan fingerprint density at radius 1 is 1.32 bits per heavy atom. The molecule has 1 saturated heterocycles. The fraction of sp³-hybridized carbons (Fsp3) is 0.500. The van der Waals surface area contributed by atoms with E-state index < -0.39 is 5.60 Å². The van der Waals surface area contributed by atoms with E-state index in [0.717, 1.165) is 19.3 Å². The topological polar surface area (TPSA) is 54.0 Å². The van der Waals surface area contributed by atoms with E-state index in [1.807, 2.05) is 18.2 Å². The summed E-state index contributed by atoms with van der Waals surface area (Å²) in [6, 6.07) is 9.01. The van der Waals surface area contributed by atoms with Gasteiger partial charge in [0.1, 0.15) is 18.3 Å². The molecular weight excluding hydrogens is 248 g/mol. The molecule has 0 amide bonds. The summed E-state index contributed by atoms with van der Waals surface area (Å²) in [4.78, 5) is 22.0. The van der Waals surface area contributed by atoms with Crippen LogP contribution in [0.5, 0.6) is 0 Å². The molecule has 2 atom stereocenters. The highest BCUT2D eigenvalue weighted by molar-refractivity contribution is 5.89. The Morgan fingerprint density at radius 3 is 2.89 bits per heavy atom. The molecule has 3 rings (SSSR count). The van der Waals surface area contributed by atoms with Crippen LogP contribution in [0.4, 0.5) is 0 Å². The zero-order valence-corrected chi connectivity index (χ0v) is 10.5. The highest BCUT2D eigenvalue weighted by atomic mass is 17.5. The Kier molecular flexibility index (Phi) is 3.50. The fourth-order valence-electron chi connectivity index (χ4n) is 2.62. The van der Waals surface area contributed by atoms with Crippen LogP contribution in [0.15, 0.2) is 30.3 Å². The van der Waals surface area contributed by atoms with Crippen molar-refractivity contribution < 1.29 is 24.3 Å². The molecule has 1 aromatic rings. The smallest absolute Gasteiger partial charge is 0.338 e. The van der Waals surface area contributed by atoms with Gasteiger partial charge >= 0.3 is 5.97 Å². The number of benzene rings is 1. The van der Waals surface area contributed by atoms with Crippen molar-refractivity contribution in [1.82, 2.24) is 0 Å². The van der Waals surface area contributed by atoms with Crippen molar-refractivity contribution in [2.45, 2.75) is 37.4 Å². The molecule has 19 heavy (non-hydrogen) atoms. The molecule has 5 heteroatoms. The van der Waals surface area contributed by atoms with Crippen LogP contribution in [0.25, 0.3) is 0 Å². The SMILES string of the molecule is O=C(OC1CCCC2(COOO2)C1)c1ccccc1. The molecule has 0 bridgehead atoms. The van der Waals surface area contributed by atoms with Crippen LogP contribution < -0.4 is 0 Å². The molecule has 1 heterocycles. The number of ether oxygens (including phenoxy) is 1. The third-order valence-electron chi connectivity index (χ3n) is 3.62. The zero-order valence-electron chi connectivity index (χ0n) is 10.5. The fourth-order valence-corrected chi connectivity index (χ4v) is 2.62. The van der Waals surface area contributed by atoms with Gasteiger partial charge in [0.15, 0.2) is 0 Å². The first kappa shape index (κ1) is 12.6. The molecule has 2 aliphatic rings. The van der Waals surface area contributed by atoms with Crippen molar-refractivity contribution in [2.24, 2.45) is 0 Å².